The number of likely N-dealkylation sites (tertiary alicyclic amines) is 1. The summed E-state index contributed by atoms with van der Waals surface area (Å²) in [5.74, 6) is 0.313. The highest BCUT2D eigenvalue weighted by atomic mass is 16.2. The van der Waals surface area contributed by atoms with Gasteiger partial charge in [0.25, 0.3) is 0 Å². The monoisotopic (exact) mass is 285 g/mol. The summed E-state index contributed by atoms with van der Waals surface area (Å²) in [5, 5.41) is 0. The normalized spacial score (nSPS) is 24.7. The molecule has 1 N–H and O–H groups in total. The highest BCUT2D eigenvalue weighted by Gasteiger charge is 2.39. The van der Waals surface area contributed by atoms with E-state index in [1.807, 2.05) is 12.1 Å². The number of hydrogen-bond donors (Lipinski definition) is 1. The summed E-state index contributed by atoms with van der Waals surface area (Å²) in [6.07, 6.45) is 0.927. The Balaban J connectivity index is 1.96. The molecule has 5 heteroatoms. The SMILES string of the molecule is CC(C)N1CCC2C(C1)c1cccc3[nH]c(=O)c(=O)n2c13. The molecule has 2 aliphatic rings. The summed E-state index contributed by atoms with van der Waals surface area (Å²) in [7, 11) is 0. The van der Waals surface area contributed by atoms with Crippen molar-refractivity contribution in [3.63, 3.8) is 0 Å². The lowest BCUT2D eigenvalue weighted by molar-refractivity contribution is 0.137. The number of fused-ring (bicyclic) bond motifs is 3. The second kappa shape index (κ2) is 4.31. The van der Waals surface area contributed by atoms with E-state index in [0.29, 0.717) is 12.0 Å². The van der Waals surface area contributed by atoms with E-state index in [4.69, 9.17) is 0 Å². The maximum Gasteiger partial charge on any atom is 0.317 e. The lowest BCUT2D eigenvalue weighted by Crippen LogP contribution is -2.44. The van der Waals surface area contributed by atoms with Crippen LogP contribution in [0.15, 0.2) is 27.8 Å². The number of nitrogens with one attached hydrogen (secondary N) is 1. The topological polar surface area (TPSA) is 58.1 Å². The number of H-pyrrole nitrogens is 1. The predicted molar refractivity (Wildman–Crippen MR) is 81.9 cm³/mol. The van der Waals surface area contributed by atoms with Crippen LogP contribution in [0.2, 0.25) is 0 Å². The Hall–Kier alpha value is -1.88. The fourth-order valence-corrected chi connectivity index (χ4v) is 3.98. The Morgan fingerprint density at radius 2 is 2.10 bits per heavy atom. The van der Waals surface area contributed by atoms with Crippen molar-refractivity contribution in [2.75, 3.05) is 13.1 Å². The van der Waals surface area contributed by atoms with Crippen molar-refractivity contribution in [3.05, 3.63) is 44.5 Å². The van der Waals surface area contributed by atoms with E-state index in [0.717, 1.165) is 30.5 Å². The fourth-order valence-electron chi connectivity index (χ4n) is 3.98. The molecule has 21 heavy (non-hydrogen) atoms. The van der Waals surface area contributed by atoms with Gasteiger partial charge in [-0.2, -0.15) is 0 Å². The van der Waals surface area contributed by atoms with Gasteiger partial charge in [0.05, 0.1) is 11.0 Å². The van der Waals surface area contributed by atoms with E-state index in [9.17, 15) is 9.59 Å². The van der Waals surface area contributed by atoms with Crippen LogP contribution in [0.5, 0.6) is 0 Å². The molecule has 5 nitrogen and oxygen atoms in total. The Morgan fingerprint density at radius 1 is 1.29 bits per heavy atom. The van der Waals surface area contributed by atoms with Gasteiger partial charge in [0.2, 0.25) is 0 Å². The molecule has 2 atom stereocenters. The molecule has 0 spiro atoms. The van der Waals surface area contributed by atoms with Crippen molar-refractivity contribution in [2.45, 2.75) is 38.3 Å². The molecule has 0 bridgehead atoms. The van der Waals surface area contributed by atoms with Crippen LogP contribution in [0.1, 0.15) is 37.8 Å². The lowest BCUT2D eigenvalue weighted by Gasteiger charge is -2.38. The maximum atomic E-state index is 12.3. The predicted octanol–water partition coefficient (Wildman–Crippen LogP) is 1.44. The summed E-state index contributed by atoms with van der Waals surface area (Å²) in [6, 6.07) is 6.60. The average molecular weight is 285 g/mol. The molecule has 1 aromatic carbocycles. The van der Waals surface area contributed by atoms with Crippen LogP contribution < -0.4 is 11.1 Å². The summed E-state index contributed by atoms with van der Waals surface area (Å²) in [4.78, 5) is 29.4. The van der Waals surface area contributed by atoms with Gasteiger partial charge in [0.15, 0.2) is 0 Å². The van der Waals surface area contributed by atoms with Crippen LogP contribution in [0, 0.1) is 0 Å². The lowest BCUT2D eigenvalue weighted by atomic mass is 9.88. The number of aromatic amines is 1. The first-order valence-electron chi connectivity index (χ1n) is 7.59. The molecule has 0 amide bonds. The summed E-state index contributed by atoms with van der Waals surface area (Å²) >= 11 is 0. The molecule has 0 radical (unpaired) electrons. The van der Waals surface area contributed by atoms with Crippen molar-refractivity contribution in [3.8, 4) is 0 Å². The van der Waals surface area contributed by atoms with Crippen molar-refractivity contribution in [1.29, 1.82) is 0 Å². The van der Waals surface area contributed by atoms with Gasteiger partial charge >= 0.3 is 11.1 Å². The van der Waals surface area contributed by atoms with E-state index in [1.54, 1.807) is 4.57 Å². The molecule has 0 aliphatic carbocycles. The number of benzene rings is 1. The van der Waals surface area contributed by atoms with E-state index in [2.05, 4.69) is 29.8 Å². The zero-order valence-corrected chi connectivity index (χ0v) is 12.3. The summed E-state index contributed by atoms with van der Waals surface area (Å²) < 4.78 is 1.76. The quantitative estimate of drug-likeness (QED) is 0.807. The van der Waals surface area contributed by atoms with Crippen LogP contribution in [-0.2, 0) is 0 Å². The smallest absolute Gasteiger partial charge is 0.316 e. The first-order valence-corrected chi connectivity index (χ1v) is 7.59. The molecular weight excluding hydrogens is 266 g/mol. The zero-order valence-electron chi connectivity index (χ0n) is 12.3. The number of rotatable bonds is 1. The van der Waals surface area contributed by atoms with Crippen molar-refractivity contribution < 1.29 is 0 Å². The highest BCUT2D eigenvalue weighted by molar-refractivity contribution is 5.81. The second-order valence-corrected chi connectivity index (χ2v) is 6.42. The molecule has 2 aromatic rings. The number of hydrogen-bond acceptors (Lipinski definition) is 3. The van der Waals surface area contributed by atoms with Gasteiger partial charge < -0.3 is 9.88 Å². The molecule has 0 saturated carbocycles. The van der Waals surface area contributed by atoms with E-state index < -0.39 is 11.1 Å². The van der Waals surface area contributed by atoms with Crippen molar-refractivity contribution in [2.24, 2.45) is 0 Å². The summed E-state index contributed by atoms with van der Waals surface area (Å²) in [5.41, 5.74) is 2.01. The summed E-state index contributed by atoms with van der Waals surface area (Å²) in [6.45, 7) is 6.35. The third-order valence-corrected chi connectivity index (χ3v) is 5.04. The van der Waals surface area contributed by atoms with Crippen LogP contribution in [0.25, 0.3) is 11.0 Å². The van der Waals surface area contributed by atoms with Crippen LogP contribution in [-0.4, -0.2) is 33.6 Å². The largest absolute Gasteiger partial charge is 0.317 e. The minimum atomic E-state index is -0.508. The first kappa shape index (κ1) is 12.8. The molecule has 4 rings (SSSR count). The number of piperidine rings is 1. The number of para-hydroxylation sites is 1. The second-order valence-electron chi connectivity index (χ2n) is 6.42. The highest BCUT2D eigenvalue weighted by Crippen LogP contribution is 2.44. The van der Waals surface area contributed by atoms with E-state index in [1.165, 1.54) is 5.56 Å². The van der Waals surface area contributed by atoms with Gasteiger partial charge in [-0.15, -0.1) is 0 Å². The average Bonchev–Trinajstić information content (AvgIpc) is 2.80. The van der Waals surface area contributed by atoms with Gasteiger partial charge in [0.1, 0.15) is 0 Å². The van der Waals surface area contributed by atoms with Gasteiger partial charge in [-0.3, -0.25) is 14.2 Å². The van der Waals surface area contributed by atoms with Crippen LogP contribution >= 0.6 is 0 Å². The molecule has 3 heterocycles. The van der Waals surface area contributed by atoms with E-state index in [-0.39, 0.29) is 6.04 Å². The Bertz CT molecular complexity index is 834. The fraction of sp³-hybridized carbons (Fsp3) is 0.500. The maximum absolute atomic E-state index is 12.3. The van der Waals surface area contributed by atoms with Crippen molar-refractivity contribution >= 4 is 11.0 Å². The van der Waals surface area contributed by atoms with E-state index >= 15 is 0 Å². The standard InChI is InChI=1S/C16H19N3O2/c1-9(2)18-7-6-13-11(8-18)10-4-3-5-12-14(10)19(13)16(21)15(20)17-12/h3-5,9,11,13H,6-8H2,1-2H3,(H,17,20). The molecule has 1 saturated heterocycles. The molecule has 2 aliphatic heterocycles. The molecule has 1 aromatic heterocycles. The molecule has 2 unspecified atom stereocenters. The molecule has 110 valence electrons. The van der Waals surface area contributed by atoms with Crippen LogP contribution in [0.3, 0.4) is 0 Å². The zero-order chi connectivity index (χ0) is 14.7. The van der Waals surface area contributed by atoms with Crippen LogP contribution in [0.4, 0.5) is 0 Å². The van der Waals surface area contributed by atoms with Crippen molar-refractivity contribution in [1.82, 2.24) is 14.5 Å². The Labute approximate surface area is 122 Å². The number of nitrogens with zero attached hydrogens (tertiary/aromatic N) is 2. The number of aromatic nitrogens is 2. The minimum absolute atomic E-state index is 0.134. The van der Waals surface area contributed by atoms with Gasteiger partial charge in [-0.05, 0) is 31.9 Å². The third kappa shape index (κ3) is 1.67. The molecule has 1 fully saturated rings. The Morgan fingerprint density at radius 3 is 2.86 bits per heavy atom. The first-order chi connectivity index (χ1) is 10.1. The minimum Gasteiger partial charge on any atom is -0.316 e. The van der Waals surface area contributed by atoms with Gasteiger partial charge in [-0.1, -0.05) is 12.1 Å². The third-order valence-electron chi connectivity index (χ3n) is 5.04. The van der Waals surface area contributed by atoms with Gasteiger partial charge in [-0.25, -0.2) is 0 Å². The van der Waals surface area contributed by atoms with Gasteiger partial charge in [0, 0.05) is 31.1 Å². The Kier molecular flexibility index (Phi) is 2.63. The molecular formula is C16H19N3O2.